The van der Waals surface area contributed by atoms with Crippen molar-refractivity contribution in [3.8, 4) is 0 Å². The zero-order chi connectivity index (χ0) is 19.5. The second kappa shape index (κ2) is 8.20. The Kier molecular flexibility index (Phi) is 5.50. The Labute approximate surface area is 168 Å². The van der Waals surface area contributed by atoms with Gasteiger partial charge in [0.25, 0.3) is 6.01 Å². The Balaban J connectivity index is 1.29. The van der Waals surface area contributed by atoms with Crippen LogP contribution in [-0.4, -0.2) is 35.6 Å². The Morgan fingerprint density at radius 1 is 1.25 bits per heavy atom. The molecule has 28 heavy (non-hydrogen) atoms. The van der Waals surface area contributed by atoms with Crippen molar-refractivity contribution in [3.63, 3.8) is 0 Å². The molecule has 1 atom stereocenters. The van der Waals surface area contributed by atoms with Crippen LogP contribution in [0.4, 0.5) is 6.01 Å². The molecule has 0 unspecified atom stereocenters. The third-order valence-corrected chi connectivity index (χ3v) is 5.36. The fourth-order valence-electron chi connectivity index (χ4n) is 3.50. The number of carbonyl (C=O) groups is 1. The molecule has 0 bridgehead atoms. The van der Waals surface area contributed by atoms with E-state index >= 15 is 0 Å². The first-order chi connectivity index (χ1) is 13.6. The van der Waals surface area contributed by atoms with E-state index in [9.17, 15) is 9.90 Å². The van der Waals surface area contributed by atoms with Crippen LogP contribution in [0.25, 0.3) is 11.1 Å². The Morgan fingerprint density at radius 3 is 2.79 bits per heavy atom. The summed E-state index contributed by atoms with van der Waals surface area (Å²) in [4.78, 5) is 19.1. The number of nitrogens with zero attached hydrogens (tertiary/aromatic N) is 2. The third-order valence-electron chi connectivity index (χ3n) is 5.12. The van der Waals surface area contributed by atoms with Crippen LogP contribution < -0.4 is 10.2 Å². The van der Waals surface area contributed by atoms with Crippen LogP contribution in [0.3, 0.4) is 0 Å². The summed E-state index contributed by atoms with van der Waals surface area (Å²) in [5, 5.41) is 13.7. The van der Waals surface area contributed by atoms with Gasteiger partial charge in [0.05, 0.1) is 6.10 Å². The maximum atomic E-state index is 12.5. The number of piperidine rings is 1. The number of aromatic nitrogens is 1. The first-order valence-corrected chi connectivity index (χ1v) is 9.80. The number of para-hydroxylation sites is 2. The smallest absolute Gasteiger partial charge is 0.298 e. The van der Waals surface area contributed by atoms with E-state index in [0.717, 1.165) is 23.9 Å². The van der Waals surface area contributed by atoms with Gasteiger partial charge in [-0.15, -0.1) is 0 Å². The maximum absolute atomic E-state index is 12.5. The van der Waals surface area contributed by atoms with Crippen LogP contribution >= 0.6 is 11.6 Å². The number of aliphatic hydroxyl groups is 1. The van der Waals surface area contributed by atoms with Crippen molar-refractivity contribution in [3.05, 3.63) is 59.1 Å². The molecular formula is C21H22ClN3O3. The molecule has 2 heterocycles. The van der Waals surface area contributed by atoms with E-state index in [2.05, 4.69) is 15.2 Å². The van der Waals surface area contributed by atoms with Gasteiger partial charge in [0.1, 0.15) is 5.52 Å². The molecule has 0 spiro atoms. The largest absolute Gasteiger partial charge is 0.423 e. The second-order valence-electron chi connectivity index (χ2n) is 7.04. The zero-order valence-corrected chi connectivity index (χ0v) is 16.1. The first kappa shape index (κ1) is 18.8. The predicted molar refractivity (Wildman–Crippen MR) is 108 cm³/mol. The lowest BCUT2D eigenvalue weighted by Crippen LogP contribution is -2.41. The van der Waals surface area contributed by atoms with Gasteiger partial charge in [0.2, 0.25) is 5.91 Å². The summed E-state index contributed by atoms with van der Waals surface area (Å²) in [5.74, 6) is -0.106. The minimum atomic E-state index is -0.775. The molecule has 4 rings (SSSR count). The number of nitrogens with one attached hydrogen (secondary N) is 1. The van der Waals surface area contributed by atoms with Gasteiger partial charge in [-0.05, 0) is 42.7 Å². The van der Waals surface area contributed by atoms with Crippen molar-refractivity contribution in [1.29, 1.82) is 0 Å². The van der Waals surface area contributed by atoms with Gasteiger partial charge in [-0.3, -0.25) is 4.79 Å². The molecule has 1 aromatic heterocycles. The SMILES string of the molecule is O=C(NC[C@H](O)c1cccc(Cl)c1)C1CCN(c2nc3ccccc3o2)CC1. The Hall–Kier alpha value is -2.57. The van der Waals surface area contributed by atoms with E-state index in [1.54, 1.807) is 24.3 Å². The van der Waals surface area contributed by atoms with E-state index in [1.807, 2.05) is 24.3 Å². The number of rotatable bonds is 5. The molecule has 0 radical (unpaired) electrons. The average molecular weight is 400 g/mol. The molecule has 1 fully saturated rings. The van der Waals surface area contributed by atoms with Crippen molar-refractivity contribution >= 4 is 34.6 Å². The summed E-state index contributed by atoms with van der Waals surface area (Å²) in [5.41, 5.74) is 2.30. The molecule has 2 aromatic carbocycles. The molecule has 1 saturated heterocycles. The van der Waals surface area contributed by atoms with Gasteiger partial charge in [-0.1, -0.05) is 35.9 Å². The summed E-state index contributed by atoms with van der Waals surface area (Å²) >= 11 is 5.95. The topological polar surface area (TPSA) is 78.6 Å². The second-order valence-corrected chi connectivity index (χ2v) is 7.48. The molecule has 3 aromatic rings. The monoisotopic (exact) mass is 399 g/mol. The lowest BCUT2D eigenvalue weighted by Gasteiger charge is -2.30. The molecule has 1 aliphatic heterocycles. The Morgan fingerprint density at radius 2 is 2.04 bits per heavy atom. The molecular weight excluding hydrogens is 378 g/mol. The van der Waals surface area contributed by atoms with Crippen LogP contribution in [0, 0.1) is 5.92 Å². The van der Waals surface area contributed by atoms with Crippen LogP contribution in [0.1, 0.15) is 24.5 Å². The molecule has 146 valence electrons. The quantitative estimate of drug-likeness (QED) is 0.686. The van der Waals surface area contributed by atoms with Crippen LogP contribution in [0.15, 0.2) is 52.9 Å². The first-order valence-electron chi connectivity index (χ1n) is 9.42. The number of anilines is 1. The minimum absolute atomic E-state index is 0.0294. The Bertz CT molecular complexity index is 933. The number of benzene rings is 2. The molecule has 7 heteroatoms. The zero-order valence-electron chi connectivity index (χ0n) is 15.3. The molecule has 0 saturated carbocycles. The summed E-state index contributed by atoms with van der Waals surface area (Å²) in [6, 6.07) is 15.3. The van der Waals surface area contributed by atoms with E-state index in [4.69, 9.17) is 16.0 Å². The summed E-state index contributed by atoms with van der Waals surface area (Å²) in [6.07, 6.45) is 0.665. The van der Waals surface area contributed by atoms with Crippen LogP contribution in [0.5, 0.6) is 0 Å². The molecule has 1 amide bonds. The van der Waals surface area contributed by atoms with Crippen molar-refractivity contribution in [2.75, 3.05) is 24.5 Å². The number of hydrogen-bond donors (Lipinski definition) is 2. The highest BCUT2D eigenvalue weighted by molar-refractivity contribution is 6.30. The normalized spacial score (nSPS) is 16.3. The van der Waals surface area contributed by atoms with Crippen LogP contribution in [0.2, 0.25) is 5.02 Å². The number of fused-ring (bicyclic) bond motifs is 1. The van der Waals surface area contributed by atoms with Gasteiger partial charge in [0, 0.05) is 30.6 Å². The van der Waals surface area contributed by atoms with E-state index in [0.29, 0.717) is 29.7 Å². The number of amides is 1. The van der Waals surface area contributed by atoms with Gasteiger partial charge in [0.15, 0.2) is 5.58 Å². The van der Waals surface area contributed by atoms with Gasteiger partial charge >= 0.3 is 0 Å². The van der Waals surface area contributed by atoms with Gasteiger partial charge in [-0.2, -0.15) is 4.98 Å². The van der Waals surface area contributed by atoms with Gasteiger partial charge < -0.3 is 19.7 Å². The van der Waals surface area contributed by atoms with E-state index in [-0.39, 0.29) is 18.4 Å². The standard InChI is InChI=1S/C21H22ClN3O3/c22-16-5-3-4-15(12-16)18(26)13-23-20(27)14-8-10-25(11-9-14)21-24-17-6-1-2-7-19(17)28-21/h1-7,12,14,18,26H,8-11,13H2,(H,23,27)/t18-/m0/s1. The highest BCUT2D eigenvalue weighted by Gasteiger charge is 2.27. The van der Waals surface area contributed by atoms with Gasteiger partial charge in [-0.25, -0.2) is 0 Å². The third kappa shape index (κ3) is 4.13. The fraction of sp³-hybridized carbons (Fsp3) is 0.333. The number of carbonyl (C=O) groups excluding carboxylic acids is 1. The summed E-state index contributed by atoms with van der Waals surface area (Å²) < 4.78 is 5.81. The molecule has 2 N–H and O–H groups in total. The maximum Gasteiger partial charge on any atom is 0.298 e. The molecule has 6 nitrogen and oxygen atoms in total. The average Bonchev–Trinajstić information content (AvgIpc) is 3.16. The lowest BCUT2D eigenvalue weighted by molar-refractivity contribution is -0.126. The van der Waals surface area contributed by atoms with Crippen molar-refractivity contribution in [1.82, 2.24) is 10.3 Å². The lowest BCUT2D eigenvalue weighted by atomic mass is 9.96. The predicted octanol–water partition coefficient (Wildman–Crippen LogP) is 3.55. The van der Waals surface area contributed by atoms with Crippen molar-refractivity contribution < 1.29 is 14.3 Å². The summed E-state index contributed by atoms with van der Waals surface area (Å²) in [6.45, 7) is 1.59. The molecule has 0 aliphatic carbocycles. The highest BCUT2D eigenvalue weighted by Crippen LogP contribution is 2.26. The number of aliphatic hydroxyl groups excluding tert-OH is 1. The summed E-state index contributed by atoms with van der Waals surface area (Å²) in [7, 11) is 0. The fourth-order valence-corrected chi connectivity index (χ4v) is 3.70. The number of halogens is 1. The van der Waals surface area contributed by atoms with E-state index < -0.39 is 6.10 Å². The van der Waals surface area contributed by atoms with Crippen molar-refractivity contribution in [2.45, 2.75) is 18.9 Å². The van der Waals surface area contributed by atoms with Crippen LogP contribution in [-0.2, 0) is 4.79 Å². The van der Waals surface area contributed by atoms with E-state index in [1.165, 1.54) is 0 Å². The number of oxazole rings is 1. The van der Waals surface area contributed by atoms with Crippen molar-refractivity contribution in [2.24, 2.45) is 5.92 Å². The minimum Gasteiger partial charge on any atom is -0.423 e. The highest BCUT2D eigenvalue weighted by atomic mass is 35.5. The number of hydrogen-bond acceptors (Lipinski definition) is 5. The molecule has 1 aliphatic rings.